The van der Waals surface area contributed by atoms with E-state index >= 15 is 0 Å². The Morgan fingerprint density at radius 3 is 1.76 bits per heavy atom. The molecule has 0 bridgehead atoms. The second-order valence-electron chi connectivity index (χ2n) is 14.3. The van der Waals surface area contributed by atoms with E-state index < -0.39 is 26.3 Å². The Labute approximate surface area is 299 Å². The third-order valence-corrected chi connectivity index (χ3v) is 19.9. The zero-order valence-corrected chi connectivity index (χ0v) is 32.7. The fourth-order valence-corrected chi connectivity index (χ4v) is 13.8. The van der Waals surface area contributed by atoms with E-state index in [1.165, 1.54) is 42.4 Å². The molecule has 6 heteroatoms. The molecule has 0 saturated carbocycles. The molecular formula is C44H46NO2PSSi. The van der Waals surface area contributed by atoms with Crippen molar-refractivity contribution < 1.29 is 8.39 Å². The Kier molecular flexibility index (Phi) is 8.50. The maximum Gasteiger partial charge on any atom is 0.346 e. The van der Waals surface area contributed by atoms with Crippen LogP contribution in [0.3, 0.4) is 0 Å². The maximum atomic E-state index is 7.71. The number of fused-ring (bicyclic) bond motifs is 9. The number of hydrogen-bond donors (Lipinski definition) is 0. The first-order valence-corrected chi connectivity index (χ1v) is 24.7. The predicted octanol–water partition coefficient (Wildman–Crippen LogP) is 13.8. The molecule has 0 fully saturated rings. The Morgan fingerprint density at radius 1 is 0.660 bits per heavy atom. The SMILES string of the molecule is CCCS(C)(CC)c1cc2ccccc2c2c1op(N1c3ccccc3C=Cc3ccccc31)oc1c([Si](C)(C)CC)cc3ccccc3c12. The smallest absolute Gasteiger partial charge is 0.346 e. The van der Waals surface area contributed by atoms with E-state index in [0.29, 0.717) is 0 Å². The lowest BCUT2D eigenvalue weighted by Gasteiger charge is -2.35. The number of benzene rings is 6. The quantitative estimate of drug-likeness (QED) is 0.154. The van der Waals surface area contributed by atoms with Crippen molar-refractivity contribution in [2.24, 2.45) is 0 Å². The summed E-state index contributed by atoms with van der Waals surface area (Å²) in [6.45, 7) is 12.0. The third kappa shape index (κ3) is 5.33. The second-order valence-corrected chi connectivity index (χ2v) is 24.6. The maximum absolute atomic E-state index is 7.71. The Bertz CT molecular complexity index is 2450. The standard InChI is InChI=1S/C44H46NO2PSSi/c1-7-28-49(4,8-2)39-29-33-20-10-14-22-35(33)41-42-36-23-15-11-21-34(36)30-40(50(5,6)9-3)44(42)47-48(46-43(39)41)45-37-24-16-12-18-31(37)26-27-32-19-13-17-25-38(32)45/h10-27,29-30H,7-9,28H2,1-6H3. The van der Waals surface area contributed by atoms with Crippen LogP contribution in [-0.4, -0.2) is 25.8 Å². The molecule has 1 aliphatic heterocycles. The average Bonchev–Trinajstić information content (AvgIpc) is 3.43. The lowest BCUT2D eigenvalue weighted by molar-refractivity contribution is 0.637. The van der Waals surface area contributed by atoms with Crippen molar-refractivity contribution in [1.82, 2.24) is 0 Å². The summed E-state index contributed by atoms with van der Waals surface area (Å²) < 4.78 is 17.8. The first kappa shape index (κ1) is 33.0. The van der Waals surface area contributed by atoms with E-state index in [9.17, 15) is 0 Å². The zero-order chi connectivity index (χ0) is 34.6. The van der Waals surface area contributed by atoms with Crippen LogP contribution >= 0.6 is 18.2 Å². The first-order valence-electron chi connectivity index (χ1n) is 18.0. The van der Waals surface area contributed by atoms with Gasteiger partial charge in [-0.3, -0.25) is 0 Å². The summed E-state index contributed by atoms with van der Waals surface area (Å²) in [7, 11) is -4.90. The zero-order valence-electron chi connectivity index (χ0n) is 30.0. The Balaban J connectivity index is 1.69. The summed E-state index contributed by atoms with van der Waals surface area (Å²) in [5.41, 5.74) is 6.51. The van der Waals surface area contributed by atoms with Crippen molar-refractivity contribution in [2.45, 2.75) is 51.2 Å². The van der Waals surface area contributed by atoms with Crippen LogP contribution in [0, 0.1) is 0 Å². The van der Waals surface area contributed by atoms with Gasteiger partial charge in [-0.05, 0) is 80.2 Å². The van der Waals surface area contributed by atoms with E-state index in [0.717, 1.165) is 57.6 Å². The first-order chi connectivity index (χ1) is 24.3. The topological polar surface area (TPSA) is 29.5 Å². The number of hydrogen-bond acceptors (Lipinski definition) is 3. The van der Waals surface area contributed by atoms with Crippen molar-refractivity contribution in [2.75, 3.05) is 22.4 Å². The molecule has 1 aromatic heterocycles. The highest BCUT2D eigenvalue weighted by Gasteiger charge is 2.32. The highest BCUT2D eigenvalue weighted by atomic mass is 32.3. The minimum absolute atomic E-state index is 1.00. The normalized spacial score (nSPS) is 15.2. The summed E-state index contributed by atoms with van der Waals surface area (Å²) in [6, 6.07) is 41.2. The highest BCUT2D eigenvalue weighted by Crippen LogP contribution is 2.59. The Hall–Kier alpha value is -4.15. The van der Waals surface area contributed by atoms with Gasteiger partial charge < -0.3 is 8.39 Å². The molecule has 0 saturated heterocycles. The van der Waals surface area contributed by atoms with E-state index in [1.54, 1.807) is 0 Å². The fraction of sp³-hybridized carbons (Fsp3) is 0.227. The second kappa shape index (κ2) is 12.9. The van der Waals surface area contributed by atoms with Gasteiger partial charge in [0.25, 0.3) is 0 Å². The molecule has 1 aliphatic rings. The molecule has 2 heterocycles. The van der Waals surface area contributed by atoms with Gasteiger partial charge >= 0.3 is 8.16 Å². The molecular weight excluding hydrogens is 666 g/mol. The minimum atomic E-state index is -1.96. The largest absolute Gasteiger partial charge is 0.404 e. The van der Waals surface area contributed by atoms with Crippen molar-refractivity contribution in [3.05, 3.63) is 120 Å². The summed E-state index contributed by atoms with van der Waals surface area (Å²) >= 11 is 0. The average molecular weight is 712 g/mol. The van der Waals surface area contributed by atoms with Gasteiger partial charge in [0.05, 0.1) is 19.4 Å². The lowest BCUT2D eigenvalue weighted by atomic mass is 9.98. The molecule has 0 amide bonds. The summed E-state index contributed by atoms with van der Waals surface area (Å²) in [5, 5.41) is 8.71. The van der Waals surface area contributed by atoms with Crippen LogP contribution in [0.2, 0.25) is 19.1 Å². The number of para-hydroxylation sites is 2. The summed E-state index contributed by atoms with van der Waals surface area (Å²) in [5.74, 6) is 2.25. The van der Waals surface area contributed by atoms with Crippen LogP contribution in [0.1, 0.15) is 38.3 Å². The van der Waals surface area contributed by atoms with Gasteiger partial charge in [0, 0.05) is 15.7 Å². The molecule has 2 unspecified atom stereocenters. The molecule has 2 atom stereocenters. The molecule has 0 spiro atoms. The molecule has 8 rings (SSSR count). The number of rotatable bonds is 7. The molecule has 7 aromatic rings. The molecule has 3 nitrogen and oxygen atoms in total. The van der Waals surface area contributed by atoms with Crippen molar-refractivity contribution >= 4 is 98.5 Å². The third-order valence-electron chi connectivity index (χ3n) is 10.9. The number of nitrogens with zero attached hydrogens (tertiary/aromatic N) is 1. The van der Waals surface area contributed by atoms with Crippen molar-refractivity contribution in [3.63, 3.8) is 0 Å². The molecule has 6 aromatic carbocycles. The van der Waals surface area contributed by atoms with Gasteiger partial charge in [0.1, 0.15) is 5.58 Å². The molecule has 0 radical (unpaired) electrons. The van der Waals surface area contributed by atoms with Crippen LogP contribution in [0.4, 0.5) is 11.4 Å². The monoisotopic (exact) mass is 711 g/mol. The van der Waals surface area contributed by atoms with Gasteiger partial charge in [-0.1, -0.05) is 143 Å². The lowest BCUT2D eigenvalue weighted by Crippen LogP contribution is -2.40. The molecule has 0 aliphatic carbocycles. The minimum Gasteiger partial charge on any atom is -0.404 e. The summed E-state index contributed by atoms with van der Waals surface area (Å²) in [4.78, 5) is 1.36. The van der Waals surface area contributed by atoms with Crippen LogP contribution in [0.25, 0.3) is 55.6 Å². The summed E-state index contributed by atoms with van der Waals surface area (Å²) in [6.07, 6.45) is 8.10. The Morgan fingerprint density at radius 2 is 1.18 bits per heavy atom. The van der Waals surface area contributed by atoms with E-state index in [4.69, 9.17) is 8.39 Å². The van der Waals surface area contributed by atoms with Gasteiger partial charge in [-0.15, -0.1) is 0 Å². The fourth-order valence-electron chi connectivity index (χ4n) is 7.62. The molecule has 254 valence electrons. The van der Waals surface area contributed by atoms with Crippen molar-refractivity contribution in [3.8, 4) is 0 Å². The van der Waals surface area contributed by atoms with Crippen molar-refractivity contribution in [1.29, 1.82) is 0 Å². The van der Waals surface area contributed by atoms with Crippen LogP contribution in [0.5, 0.6) is 0 Å². The van der Waals surface area contributed by atoms with Crippen LogP contribution in [-0.2, 0) is 0 Å². The van der Waals surface area contributed by atoms with Gasteiger partial charge in [-0.25, -0.2) is 14.7 Å². The molecule has 50 heavy (non-hydrogen) atoms. The number of anilines is 2. The van der Waals surface area contributed by atoms with E-state index in [1.807, 2.05) is 0 Å². The van der Waals surface area contributed by atoms with Gasteiger partial charge in [0.15, 0.2) is 5.58 Å². The predicted molar refractivity (Wildman–Crippen MR) is 226 cm³/mol. The van der Waals surface area contributed by atoms with Crippen LogP contribution in [0.15, 0.2) is 122 Å². The van der Waals surface area contributed by atoms with Gasteiger partial charge in [0.2, 0.25) is 0 Å². The van der Waals surface area contributed by atoms with Gasteiger partial charge in [-0.2, -0.15) is 0 Å². The van der Waals surface area contributed by atoms with Crippen LogP contribution < -0.4 is 9.86 Å². The van der Waals surface area contributed by atoms with E-state index in [-0.39, 0.29) is 0 Å². The van der Waals surface area contributed by atoms with E-state index in [2.05, 4.69) is 166 Å². The molecule has 0 N–H and O–H groups in total. The highest BCUT2D eigenvalue weighted by molar-refractivity contribution is 8.33.